The number of ketones is 1. The van der Waals surface area contributed by atoms with Crippen LogP contribution in [0.15, 0.2) is 51.6 Å². The Bertz CT molecular complexity index is 2300. The van der Waals surface area contributed by atoms with E-state index in [0.29, 0.717) is 60.1 Å². The van der Waals surface area contributed by atoms with Crippen molar-refractivity contribution >= 4 is 29.3 Å². The zero-order valence-corrected chi connectivity index (χ0v) is 38.7. The molecule has 2 saturated heterocycles. The van der Waals surface area contributed by atoms with Crippen molar-refractivity contribution in [2.24, 2.45) is 34.4 Å². The Hall–Kier alpha value is -4.74. The minimum absolute atomic E-state index is 0.0419. The van der Waals surface area contributed by atoms with E-state index in [2.05, 4.69) is 87.2 Å². The molecule has 5 fully saturated rings. The smallest absolute Gasteiger partial charge is 0.246 e. The summed E-state index contributed by atoms with van der Waals surface area (Å²) in [7, 11) is 2.15. The number of nitrogens with zero attached hydrogens (tertiary/aromatic N) is 4. The highest BCUT2D eigenvalue weighted by molar-refractivity contribution is 6.05. The Balaban J connectivity index is 1.39. The number of fused-ring (bicyclic) bond motifs is 3. The van der Waals surface area contributed by atoms with E-state index in [1.54, 1.807) is 13.0 Å². The summed E-state index contributed by atoms with van der Waals surface area (Å²) < 4.78 is 29.3. The largest absolute Gasteiger partial charge is 0.491 e. The van der Waals surface area contributed by atoms with E-state index in [-0.39, 0.29) is 43.0 Å². The number of allylic oxidation sites excluding steroid dienone is 4. The summed E-state index contributed by atoms with van der Waals surface area (Å²) >= 11 is 0. The predicted molar refractivity (Wildman–Crippen MR) is 243 cm³/mol. The number of nitrogens with one attached hydrogen (secondary N) is 1. The van der Waals surface area contributed by atoms with Crippen LogP contribution >= 0.6 is 0 Å². The molecule has 1 aromatic carbocycles. The second-order valence-corrected chi connectivity index (χ2v) is 19.9. The number of benzene rings is 1. The maximum Gasteiger partial charge on any atom is 0.246 e. The first kappa shape index (κ1) is 44.9. The van der Waals surface area contributed by atoms with Crippen LogP contribution in [-0.4, -0.2) is 114 Å². The summed E-state index contributed by atoms with van der Waals surface area (Å²) in [6.45, 7) is 21.0. The van der Waals surface area contributed by atoms with Crippen LogP contribution < -0.4 is 25.3 Å². The molecule has 3 saturated carbocycles. The van der Waals surface area contributed by atoms with Gasteiger partial charge in [-0.05, 0) is 100 Å². The third-order valence-corrected chi connectivity index (χ3v) is 14.6. The first-order valence-electron chi connectivity index (χ1n) is 22.8. The first-order chi connectivity index (χ1) is 29.9. The number of Topliss-reactive ketones (excluding diaryl/α,β-unsaturated/α-hetero) is 1. The summed E-state index contributed by atoms with van der Waals surface area (Å²) in [5, 5.41) is 23.0. The Labute approximate surface area is 372 Å². The average molecular weight is 863 g/mol. The van der Waals surface area contributed by atoms with E-state index >= 15 is 4.79 Å². The van der Waals surface area contributed by atoms with Gasteiger partial charge in [-0.15, -0.1) is 0 Å². The van der Waals surface area contributed by atoms with Crippen LogP contribution in [0.1, 0.15) is 97.8 Å². The standard InChI is InChI=1S/C50H66N6O7/c1-29(2)11-10-16-48(8)17-15-33-41(61-48)32(13-12-30(3)4)43-38(42(33)60-26-24-56-22-20-55(9)21-23-56)40-39-37(35(28-51)45(52)54-40)34-27-36-47(6,7)63-49(44(34)58,50(36,39)62-43)18-14-31(5)46(59)53-19-25-57/h11-12,14-15,17,34-37,57H,10,13,16,18-27H2,1-9H3,(H2,52,54)(H,53,59). The lowest BCUT2D eigenvalue weighted by atomic mass is 9.44. The van der Waals surface area contributed by atoms with Gasteiger partial charge in [-0.2, -0.15) is 5.26 Å². The van der Waals surface area contributed by atoms with E-state index in [1.165, 1.54) is 5.57 Å². The summed E-state index contributed by atoms with van der Waals surface area (Å²) in [6.07, 6.45) is 12.9. The monoisotopic (exact) mass is 862 g/mol. The van der Waals surface area contributed by atoms with Crippen LogP contribution in [0.3, 0.4) is 0 Å². The molecule has 63 heavy (non-hydrogen) atoms. The molecule has 8 aliphatic rings. The average Bonchev–Trinajstić information content (AvgIpc) is 3.37. The molecule has 1 aromatic rings. The normalized spacial score (nSPS) is 31.2. The van der Waals surface area contributed by atoms with Crippen LogP contribution in [-0.2, 0) is 20.7 Å². The summed E-state index contributed by atoms with van der Waals surface area (Å²) in [5.41, 5.74) is 8.69. The number of aliphatic imine (C=N–C) groups is 1. The molecule has 1 spiro atoms. The van der Waals surface area contributed by atoms with Gasteiger partial charge in [0.15, 0.2) is 17.0 Å². The number of ether oxygens (including phenoxy) is 4. The molecule has 13 heteroatoms. The number of nitriles is 1. The maximum atomic E-state index is 15.5. The van der Waals surface area contributed by atoms with Crippen molar-refractivity contribution in [1.82, 2.24) is 15.1 Å². The number of nitrogens with two attached hydrogens (primary N) is 1. The number of carbonyl (C=O) groups is 2. The Morgan fingerprint density at radius 2 is 1.81 bits per heavy atom. The SMILES string of the molecule is CC(C)=CCCC1(C)C=Cc2c(c(CC=C(C)C)c3c(c2OCCN2CCN(C)CC2)C2=C4C(C(C#N)C(N)=N2)C2CC5C(C)(C)OC(CC=C(C)C(=O)NCCO)(C2=O)C45O3)O1. The molecule has 3 aliphatic carbocycles. The van der Waals surface area contributed by atoms with Gasteiger partial charge in [-0.1, -0.05) is 29.4 Å². The van der Waals surface area contributed by atoms with Crippen molar-refractivity contribution in [2.45, 2.75) is 110 Å². The molecule has 338 valence electrons. The lowest BCUT2D eigenvalue weighted by Gasteiger charge is -2.62. The van der Waals surface area contributed by atoms with E-state index in [0.717, 1.165) is 61.3 Å². The van der Waals surface area contributed by atoms with Crippen LogP contribution in [0, 0.1) is 35.0 Å². The molecule has 0 radical (unpaired) electrons. The van der Waals surface area contributed by atoms with Crippen molar-refractivity contribution in [3.8, 4) is 23.3 Å². The number of piperazine rings is 1. The molecule has 9 rings (SSSR count). The zero-order valence-electron chi connectivity index (χ0n) is 38.7. The number of rotatable bonds is 14. The number of aliphatic hydroxyl groups is 1. The fourth-order valence-electron chi connectivity index (χ4n) is 11.4. The number of aliphatic hydroxyl groups excluding tert-OH is 1. The number of hydrogen-bond donors (Lipinski definition) is 3. The lowest BCUT2D eigenvalue weighted by Crippen LogP contribution is -2.75. The molecule has 7 unspecified atom stereocenters. The highest BCUT2D eigenvalue weighted by Gasteiger charge is 2.84. The van der Waals surface area contributed by atoms with Gasteiger partial charge in [-0.3, -0.25) is 14.5 Å². The fourth-order valence-corrected chi connectivity index (χ4v) is 11.4. The van der Waals surface area contributed by atoms with Crippen molar-refractivity contribution in [1.29, 1.82) is 5.26 Å². The molecular weight excluding hydrogens is 797 g/mol. The Morgan fingerprint density at radius 1 is 1.08 bits per heavy atom. The van der Waals surface area contributed by atoms with Crippen molar-refractivity contribution in [3.05, 3.63) is 63.3 Å². The fraction of sp³-hybridized carbons (Fsp3) is 0.600. The lowest BCUT2D eigenvalue weighted by molar-refractivity contribution is -0.183. The van der Waals surface area contributed by atoms with Crippen molar-refractivity contribution < 1.29 is 33.6 Å². The van der Waals surface area contributed by atoms with Gasteiger partial charge in [-0.25, -0.2) is 4.99 Å². The number of amides is 1. The van der Waals surface area contributed by atoms with Gasteiger partial charge in [0.05, 0.1) is 35.1 Å². The number of amidine groups is 1. The molecule has 0 aromatic heterocycles. The second-order valence-electron chi connectivity index (χ2n) is 19.9. The van der Waals surface area contributed by atoms with Gasteiger partial charge in [0, 0.05) is 80.2 Å². The van der Waals surface area contributed by atoms with Crippen LogP contribution in [0.25, 0.3) is 11.8 Å². The number of likely N-dealkylation sites (N-methyl/N-ethyl adjacent to an activating group) is 1. The molecule has 7 atom stereocenters. The Morgan fingerprint density at radius 3 is 2.49 bits per heavy atom. The summed E-state index contributed by atoms with van der Waals surface area (Å²) in [6, 6.07) is 2.44. The minimum Gasteiger partial charge on any atom is -0.491 e. The van der Waals surface area contributed by atoms with Crippen molar-refractivity contribution in [3.63, 3.8) is 0 Å². The third-order valence-electron chi connectivity index (χ3n) is 14.6. The minimum atomic E-state index is -1.58. The van der Waals surface area contributed by atoms with E-state index < -0.39 is 40.2 Å². The van der Waals surface area contributed by atoms with Crippen molar-refractivity contribution in [2.75, 3.05) is 59.5 Å². The summed E-state index contributed by atoms with van der Waals surface area (Å²) in [5.74, 6) is -1.01. The Kier molecular flexibility index (Phi) is 11.9. The van der Waals surface area contributed by atoms with Crippen LogP contribution in [0.5, 0.6) is 17.2 Å². The van der Waals surface area contributed by atoms with E-state index in [1.807, 2.05) is 13.8 Å². The van der Waals surface area contributed by atoms with Crippen LogP contribution in [0.4, 0.5) is 0 Å². The molecule has 5 heterocycles. The molecule has 13 nitrogen and oxygen atoms in total. The van der Waals surface area contributed by atoms with Gasteiger partial charge >= 0.3 is 0 Å². The van der Waals surface area contributed by atoms with Crippen LogP contribution in [0.2, 0.25) is 0 Å². The van der Waals surface area contributed by atoms with E-state index in [9.17, 15) is 15.2 Å². The molecular formula is C50H66N6O7. The predicted octanol–water partition coefficient (Wildman–Crippen LogP) is 5.91. The third kappa shape index (κ3) is 7.35. The first-order valence-corrected chi connectivity index (χ1v) is 22.8. The zero-order chi connectivity index (χ0) is 45.2. The second kappa shape index (κ2) is 16.7. The number of carbonyl (C=O) groups excluding carboxylic acids is 2. The maximum absolute atomic E-state index is 15.5. The molecule has 5 aliphatic heterocycles. The van der Waals surface area contributed by atoms with E-state index in [4.69, 9.17) is 29.7 Å². The molecule has 1 amide bonds. The molecule has 4 bridgehead atoms. The highest BCUT2D eigenvalue weighted by Crippen LogP contribution is 2.74. The quantitative estimate of drug-likeness (QED) is 0.150. The number of hydrogen-bond acceptors (Lipinski definition) is 12. The van der Waals surface area contributed by atoms with Gasteiger partial charge in [0.1, 0.15) is 41.2 Å². The summed E-state index contributed by atoms with van der Waals surface area (Å²) in [4.78, 5) is 38.7. The van der Waals surface area contributed by atoms with Gasteiger partial charge < -0.3 is 40.0 Å². The van der Waals surface area contributed by atoms with Gasteiger partial charge in [0.25, 0.3) is 0 Å². The topological polar surface area (TPSA) is 172 Å². The molecule has 4 N–H and O–H groups in total. The van der Waals surface area contributed by atoms with Gasteiger partial charge in [0.2, 0.25) is 5.91 Å². The highest BCUT2D eigenvalue weighted by atomic mass is 16.6.